The molecule has 0 saturated heterocycles. The van der Waals surface area contributed by atoms with Gasteiger partial charge < -0.3 is 4.74 Å². The molecule has 41 heavy (non-hydrogen) atoms. The number of hydrogen-bond acceptors (Lipinski definition) is 9. The molecular weight excluding hydrogens is 522 g/mol. The zero-order chi connectivity index (χ0) is 28.3. The fourth-order valence-electron chi connectivity index (χ4n) is 4.84. The number of nitrogens with one attached hydrogen (secondary N) is 1. The van der Waals surface area contributed by atoms with E-state index in [0.717, 1.165) is 54.7 Å². The maximum atomic E-state index is 14.1. The summed E-state index contributed by atoms with van der Waals surface area (Å²) in [6, 6.07) is 11.3. The Morgan fingerprint density at radius 3 is 2.44 bits per heavy atom. The number of aromatic nitrogens is 7. The van der Waals surface area contributed by atoms with Gasteiger partial charge in [-0.05, 0) is 37.3 Å². The van der Waals surface area contributed by atoms with E-state index in [0.29, 0.717) is 40.8 Å². The topological polar surface area (TPSA) is 142 Å². The second-order valence-corrected chi connectivity index (χ2v) is 10.1. The summed E-state index contributed by atoms with van der Waals surface area (Å²) in [5, 5.41) is 3.82. The Bertz CT molecular complexity index is 1790. The molecule has 0 amide bonds. The highest BCUT2D eigenvalue weighted by atomic mass is 16.5. The van der Waals surface area contributed by atoms with Crippen LogP contribution in [0.3, 0.4) is 0 Å². The van der Waals surface area contributed by atoms with Crippen LogP contribution in [-0.4, -0.2) is 41.8 Å². The Kier molecular flexibility index (Phi) is 7.24. The van der Waals surface area contributed by atoms with Crippen LogP contribution in [0.4, 0.5) is 0 Å². The van der Waals surface area contributed by atoms with Gasteiger partial charge in [-0.2, -0.15) is 0 Å². The van der Waals surface area contributed by atoms with Gasteiger partial charge in [0.2, 0.25) is 5.95 Å². The summed E-state index contributed by atoms with van der Waals surface area (Å²) in [4.78, 5) is 46.8. The van der Waals surface area contributed by atoms with Crippen LogP contribution < -0.4 is 16.1 Å². The molecule has 0 unspecified atom stereocenters. The third-order valence-electron chi connectivity index (χ3n) is 7.15. The number of benzene rings is 1. The van der Waals surface area contributed by atoms with E-state index in [9.17, 15) is 9.59 Å². The van der Waals surface area contributed by atoms with Gasteiger partial charge in [0, 0.05) is 35.2 Å². The number of aromatic amines is 1. The predicted octanol–water partition coefficient (Wildman–Crippen LogP) is 4.25. The first-order valence-electron chi connectivity index (χ1n) is 13.7. The van der Waals surface area contributed by atoms with Gasteiger partial charge in [-0.25, -0.2) is 24.3 Å². The van der Waals surface area contributed by atoms with Crippen molar-refractivity contribution in [3.8, 4) is 34.3 Å². The summed E-state index contributed by atoms with van der Waals surface area (Å²) >= 11 is 0. The lowest BCUT2D eigenvalue weighted by Crippen LogP contribution is -2.30. The average Bonchev–Trinajstić information content (AvgIpc) is 3.77. The van der Waals surface area contributed by atoms with Crippen LogP contribution >= 0.6 is 0 Å². The Hall–Kier alpha value is -4.93. The maximum absolute atomic E-state index is 14.1. The Morgan fingerprint density at radius 2 is 1.80 bits per heavy atom. The lowest BCUT2D eigenvalue weighted by molar-refractivity contribution is 0.388. The van der Waals surface area contributed by atoms with Crippen molar-refractivity contribution in [2.45, 2.75) is 51.4 Å². The fourth-order valence-corrected chi connectivity index (χ4v) is 4.84. The molecule has 11 nitrogen and oxygen atoms in total. The zero-order valence-electron chi connectivity index (χ0n) is 22.8. The first kappa shape index (κ1) is 26.3. The van der Waals surface area contributed by atoms with E-state index >= 15 is 0 Å². The van der Waals surface area contributed by atoms with Gasteiger partial charge in [0.1, 0.15) is 5.82 Å². The number of H-pyrrole nitrogens is 1. The van der Waals surface area contributed by atoms with E-state index in [1.54, 1.807) is 30.3 Å². The van der Waals surface area contributed by atoms with Crippen LogP contribution in [0.5, 0.6) is 5.75 Å². The van der Waals surface area contributed by atoms with Crippen LogP contribution in [0.15, 0.2) is 69.1 Å². The van der Waals surface area contributed by atoms with Crippen molar-refractivity contribution in [3.63, 3.8) is 0 Å². The molecule has 6 rings (SSSR count). The summed E-state index contributed by atoms with van der Waals surface area (Å²) in [5.41, 5.74) is 4.36. The molecule has 208 valence electrons. The van der Waals surface area contributed by atoms with Gasteiger partial charge >= 0.3 is 5.76 Å². The molecule has 5 aromatic rings. The number of nitrogens with zero attached hydrogens (tertiary/aromatic N) is 6. The fraction of sp³-hybridized carbons (Fsp3) is 0.300. The van der Waals surface area contributed by atoms with Gasteiger partial charge in [0.25, 0.3) is 5.56 Å². The Morgan fingerprint density at radius 1 is 1.02 bits per heavy atom. The van der Waals surface area contributed by atoms with E-state index in [1.165, 1.54) is 0 Å². The molecule has 4 heterocycles. The molecule has 1 fully saturated rings. The first-order chi connectivity index (χ1) is 20.1. The van der Waals surface area contributed by atoms with E-state index in [2.05, 4.69) is 27.0 Å². The number of ether oxygens (including phenoxy) is 1. The average molecular weight is 552 g/mol. The SMILES string of the molecule is CCCCc1nc(C2CC2)n(-c2ncc(OC)cn2)c(=O)c1Cc1ccc(-c2ccccc2-c2noc(=O)[nH]2)nc1. The number of aryl methyl sites for hydroxylation is 1. The minimum absolute atomic E-state index is 0.150. The molecule has 11 heteroatoms. The number of pyridine rings is 1. The summed E-state index contributed by atoms with van der Waals surface area (Å²) in [6.07, 6.45) is 9.90. The summed E-state index contributed by atoms with van der Waals surface area (Å²) in [5.74, 6) is 1.48. The second-order valence-electron chi connectivity index (χ2n) is 10.1. The van der Waals surface area contributed by atoms with Gasteiger partial charge in [-0.1, -0.05) is 48.8 Å². The molecule has 1 N–H and O–H groups in total. The summed E-state index contributed by atoms with van der Waals surface area (Å²) in [7, 11) is 1.55. The van der Waals surface area contributed by atoms with Crippen LogP contribution in [-0.2, 0) is 12.8 Å². The summed E-state index contributed by atoms with van der Waals surface area (Å²) in [6.45, 7) is 2.13. The van der Waals surface area contributed by atoms with Crippen molar-refractivity contribution in [1.29, 1.82) is 0 Å². The molecular formula is C30H29N7O4. The highest BCUT2D eigenvalue weighted by Gasteiger charge is 2.32. The van der Waals surface area contributed by atoms with E-state index in [1.807, 2.05) is 36.4 Å². The third-order valence-corrected chi connectivity index (χ3v) is 7.15. The van der Waals surface area contributed by atoms with E-state index < -0.39 is 5.76 Å². The third kappa shape index (κ3) is 5.43. The molecule has 0 radical (unpaired) electrons. The first-order valence-corrected chi connectivity index (χ1v) is 13.7. The zero-order valence-corrected chi connectivity index (χ0v) is 22.8. The smallest absolute Gasteiger partial charge is 0.439 e. The number of methoxy groups -OCH3 is 1. The van der Waals surface area contributed by atoms with Gasteiger partial charge in [0.15, 0.2) is 11.6 Å². The van der Waals surface area contributed by atoms with Crippen LogP contribution in [0.1, 0.15) is 61.2 Å². The normalized spacial score (nSPS) is 12.9. The monoisotopic (exact) mass is 551 g/mol. The van der Waals surface area contributed by atoms with Crippen molar-refractivity contribution in [2.24, 2.45) is 0 Å². The second kappa shape index (κ2) is 11.3. The Labute approximate surface area is 235 Å². The molecule has 4 aromatic heterocycles. The minimum Gasteiger partial charge on any atom is -0.494 e. The van der Waals surface area contributed by atoms with E-state index in [4.69, 9.17) is 19.2 Å². The van der Waals surface area contributed by atoms with Crippen molar-refractivity contribution < 1.29 is 9.26 Å². The van der Waals surface area contributed by atoms with E-state index in [-0.39, 0.29) is 11.5 Å². The molecule has 0 atom stereocenters. The van der Waals surface area contributed by atoms with Gasteiger partial charge in [-0.3, -0.25) is 19.3 Å². The highest BCUT2D eigenvalue weighted by Crippen LogP contribution is 2.39. The molecule has 0 aliphatic heterocycles. The lowest BCUT2D eigenvalue weighted by Gasteiger charge is -2.16. The molecule has 1 aromatic carbocycles. The lowest BCUT2D eigenvalue weighted by atomic mass is 10.00. The number of hydrogen-bond donors (Lipinski definition) is 1. The van der Waals surface area contributed by atoms with Crippen LogP contribution in [0.25, 0.3) is 28.6 Å². The van der Waals surface area contributed by atoms with Crippen molar-refractivity contribution in [1.82, 2.24) is 34.6 Å². The van der Waals surface area contributed by atoms with Gasteiger partial charge in [0.05, 0.1) is 30.9 Å². The van der Waals surface area contributed by atoms with Crippen molar-refractivity contribution in [2.75, 3.05) is 7.11 Å². The summed E-state index contributed by atoms with van der Waals surface area (Å²) < 4.78 is 11.5. The standard InChI is InChI=1S/C30H29N7O4/c1-3-4-9-25-23(28(38)37(27(34-25)19-11-12-19)29-32-16-20(40-2)17-33-29)14-18-10-13-24(31-15-18)21-7-5-6-8-22(21)26-35-30(39)41-36-26/h5-8,10,13,15-17,19H,3-4,9,11-12,14H2,1-2H3,(H,35,36,39). The minimum atomic E-state index is -0.621. The molecule has 1 aliphatic rings. The largest absolute Gasteiger partial charge is 0.494 e. The van der Waals surface area contributed by atoms with Crippen molar-refractivity contribution >= 4 is 0 Å². The number of unbranched alkanes of at least 4 members (excludes halogenated alkanes) is 1. The molecule has 1 aliphatic carbocycles. The molecule has 1 saturated carbocycles. The Balaban J connectivity index is 1.38. The highest BCUT2D eigenvalue weighted by molar-refractivity contribution is 5.78. The molecule has 0 bridgehead atoms. The van der Waals surface area contributed by atoms with Crippen LogP contribution in [0, 0.1) is 0 Å². The quantitative estimate of drug-likeness (QED) is 0.270. The maximum Gasteiger partial charge on any atom is 0.439 e. The predicted molar refractivity (Wildman–Crippen MR) is 151 cm³/mol. The van der Waals surface area contributed by atoms with Gasteiger partial charge in [-0.15, -0.1) is 0 Å². The van der Waals surface area contributed by atoms with Crippen LogP contribution in [0.2, 0.25) is 0 Å². The molecule has 0 spiro atoms. The van der Waals surface area contributed by atoms with Crippen molar-refractivity contribution in [3.05, 3.63) is 98.5 Å². The number of rotatable bonds is 10.